The summed E-state index contributed by atoms with van der Waals surface area (Å²) in [6.45, 7) is 4.81. The summed E-state index contributed by atoms with van der Waals surface area (Å²) in [5.41, 5.74) is 3.85. The van der Waals surface area contributed by atoms with Gasteiger partial charge in [-0.2, -0.15) is 0 Å². The molecule has 0 radical (unpaired) electrons. The van der Waals surface area contributed by atoms with Gasteiger partial charge in [0.25, 0.3) is 5.91 Å². The van der Waals surface area contributed by atoms with Crippen LogP contribution in [0.15, 0.2) is 48.8 Å². The molecule has 1 unspecified atom stereocenters. The maximum atomic E-state index is 13.2. The fourth-order valence-electron chi connectivity index (χ4n) is 3.86. The number of likely N-dealkylation sites (tertiary alicyclic amines) is 1. The summed E-state index contributed by atoms with van der Waals surface area (Å²) in [5, 5.41) is 0. The molecule has 3 aromatic heterocycles. The smallest absolute Gasteiger partial charge is 0.256 e. The van der Waals surface area contributed by atoms with E-state index in [1.54, 1.807) is 6.20 Å². The van der Waals surface area contributed by atoms with E-state index in [4.69, 9.17) is 0 Å². The maximum absolute atomic E-state index is 13.2. The first kappa shape index (κ1) is 15.7. The molecule has 0 aromatic carbocycles. The molecule has 1 aliphatic rings. The number of amides is 1. The molecule has 0 bridgehead atoms. The summed E-state index contributed by atoms with van der Waals surface area (Å²) < 4.78 is 2.05. The van der Waals surface area contributed by atoms with Crippen molar-refractivity contribution in [3.63, 3.8) is 0 Å². The molecular weight excluding hydrogens is 312 g/mol. The second-order valence-electron chi connectivity index (χ2n) is 6.59. The van der Waals surface area contributed by atoms with Crippen LogP contribution in [-0.2, 0) is 0 Å². The van der Waals surface area contributed by atoms with Gasteiger partial charge >= 0.3 is 0 Å². The Labute approximate surface area is 147 Å². The molecule has 128 valence electrons. The van der Waals surface area contributed by atoms with Gasteiger partial charge in [0.15, 0.2) is 0 Å². The van der Waals surface area contributed by atoms with Gasteiger partial charge in [-0.3, -0.25) is 4.79 Å². The third kappa shape index (κ3) is 2.65. The van der Waals surface area contributed by atoms with E-state index in [-0.39, 0.29) is 11.9 Å². The minimum absolute atomic E-state index is 0.104. The normalized spacial score (nSPS) is 17.2. The highest BCUT2D eigenvalue weighted by molar-refractivity contribution is 5.96. The lowest BCUT2D eigenvalue weighted by atomic mass is 10.1. The van der Waals surface area contributed by atoms with Crippen molar-refractivity contribution in [1.82, 2.24) is 19.4 Å². The Bertz CT molecular complexity index is 880. The van der Waals surface area contributed by atoms with Crippen LogP contribution in [0.1, 0.15) is 46.3 Å². The van der Waals surface area contributed by atoms with Crippen molar-refractivity contribution < 1.29 is 4.79 Å². The summed E-state index contributed by atoms with van der Waals surface area (Å²) in [4.78, 5) is 22.9. The van der Waals surface area contributed by atoms with Crippen LogP contribution in [0, 0.1) is 13.8 Å². The van der Waals surface area contributed by atoms with Gasteiger partial charge in [0.05, 0.1) is 11.6 Å². The minimum atomic E-state index is 0.104. The summed E-state index contributed by atoms with van der Waals surface area (Å²) >= 11 is 0. The molecular formula is C20H22N4O. The first-order valence-electron chi connectivity index (χ1n) is 8.71. The molecule has 0 aliphatic carbocycles. The fraction of sp³-hybridized carbons (Fsp3) is 0.300. The minimum Gasteiger partial charge on any atom is -0.363 e. The number of rotatable bonds is 3. The summed E-state index contributed by atoms with van der Waals surface area (Å²) in [7, 11) is 0. The molecule has 4 heterocycles. The van der Waals surface area contributed by atoms with Crippen LogP contribution in [-0.4, -0.2) is 31.9 Å². The van der Waals surface area contributed by atoms with Crippen LogP contribution < -0.4 is 0 Å². The first-order valence-corrected chi connectivity index (χ1v) is 8.71. The summed E-state index contributed by atoms with van der Waals surface area (Å²) in [6.07, 6.45) is 5.74. The van der Waals surface area contributed by atoms with E-state index in [0.717, 1.165) is 47.8 Å². The largest absolute Gasteiger partial charge is 0.363 e. The van der Waals surface area contributed by atoms with E-state index in [1.165, 1.54) is 0 Å². The molecule has 1 aliphatic heterocycles. The zero-order valence-electron chi connectivity index (χ0n) is 14.6. The average molecular weight is 334 g/mol. The Balaban J connectivity index is 1.69. The molecule has 1 fully saturated rings. The van der Waals surface area contributed by atoms with Gasteiger partial charge in [-0.25, -0.2) is 4.98 Å². The number of carbonyl (C=O) groups is 1. The lowest BCUT2D eigenvalue weighted by molar-refractivity contribution is 0.0732. The fourth-order valence-corrected chi connectivity index (χ4v) is 3.86. The molecule has 5 nitrogen and oxygen atoms in total. The van der Waals surface area contributed by atoms with E-state index in [1.807, 2.05) is 59.8 Å². The van der Waals surface area contributed by atoms with Gasteiger partial charge in [-0.1, -0.05) is 6.07 Å². The molecule has 0 spiro atoms. The SMILES string of the molecule is Cc1cc(C(=O)N2CCCC2c2ccc[nH]2)c(C)n1-c1ccccn1. The Morgan fingerprint density at radius 1 is 1.24 bits per heavy atom. The number of pyridine rings is 1. The van der Waals surface area contributed by atoms with Crippen molar-refractivity contribution in [3.8, 4) is 5.82 Å². The quantitative estimate of drug-likeness (QED) is 0.792. The zero-order valence-corrected chi connectivity index (χ0v) is 14.6. The molecule has 25 heavy (non-hydrogen) atoms. The molecule has 3 aromatic rings. The summed E-state index contributed by atoms with van der Waals surface area (Å²) in [6, 6.07) is 12.0. The Morgan fingerprint density at radius 3 is 2.84 bits per heavy atom. The van der Waals surface area contributed by atoms with Crippen LogP contribution in [0.3, 0.4) is 0 Å². The van der Waals surface area contributed by atoms with E-state index in [0.29, 0.717) is 0 Å². The third-order valence-corrected chi connectivity index (χ3v) is 5.03. The highest BCUT2D eigenvalue weighted by Crippen LogP contribution is 2.33. The first-order chi connectivity index (χ1) is 12.2. The topological polar surface area (TPSA) is 53.9 Å². The van der Waals surface area contributed by atoms with Crippen molar-refractivity contribution in [2.45, 2.75) is 32.7 Å². The predicted molar refractivity (Wildman–Crippen MR) is 96.8 cm³/mol. The Hall–Kier alpha value is -2.82. The lowest BCUT2D eigenvalue weighted by Gasteiger charge is -2.24. The van der Waals surface area contributed by atoms with E-state index in [2.05, 4.69) is 16.0 Å². The number of aromatic amines is 1. The number of hydrogen-bond donors (Lipinski definition) is 1. The number of H-pyrrole nitrogens is 1. The van der Waals surface area contributed by atoms with Gasteiger partial charge in [0.2, 0.25) is 0 Å². The van der Waals surface area contributed by atoms with Crippen LogP contribution in [0.4, 0.5) is 0 Å². The number of nitrogens with one attached hydrogen (secondary N) is 1. The van der Waals surface area contributed by atoms with Gasteiger partial charge < -0.3 is 14.5 Å². The molecule has 0 saturated carbocycles. The van der Waals surface area contributed by atoms with Crippen LogP contribution in [0.5, 0.6) is 0 Å². The standard InChI is InChI=1S/C20H22N4O/c1-14-13-16(15(2)24(14)19-9-3-4-10-22-19)20(25)23-12-6-8-18(23)17-7-5-11-21-17/h3-5,7,9-11,13,18,21H,6,8,12H2,1-2H3. The van der Waals surface area contributed by atoms with E-state index < -0.39 is 0 Å². The van der Waals surface area contributed by atoms with E-state index >= 15 is 0 Å². The summed E-state index contributed by atoms with van der Waals surface area (Å²) in [5.74, 6) is 0.950. The average Bonchev–Trinajstić information content (AvgIpc) is 3.34. The molecule has 4 rings (SSSR count). The number of carbonyl (C=O) groups excluding carboxylic acids is 1. The number of nitrogens with zero attached hydrogens (tertiary/aromatic N) is 3. The van der Waals surface area contributed by atoms with Gasteiger partial charge in [-0.15, -0.1) is 0 Å². The zero-order chi connectivity index (χ0) is 17.4. The molecule has 1 saturated heterocycles. The van der Waals surface area contributed by atoms with Crippen molar-refractivity contribution >= 4 is 5.91 Å². The van der Waals surface area contributed by atoms with Gasteiger partial charge in [0, 0.05) is 36.0 Å². The van der Waals surface area contributed by atoms with Crippen LogP contribution in [0.2, 0.25) is 0 Å². The monoisotopic (exact) mass is 334 g/mol. The van der Waals surface area contributed by atoms with E-state index in [9.17, 15) is 4.79 Å². The third-order valence-electron chi connectivity index (χ3n) is 5.03. The van der Waals surface area contributed by atoms with Crippen molar-refractivity contribution in [2.24, 2.45) is 0 Å². The lowest BCUT2D eigenvalue weighted by Crippen LogP contribution is -2.31. The number of aryl methyl sites for hydroxylation is 1. The highest BCUT2D eigenvalue weighted by Gasteiger charge is 2.32. The Morgan fingerprint density at radius 2 is 2.12 bits per heavy atom. The highest BCUT2D eigenvalue weighted by atomic mass is 16.2. The van der Waals surface area contributed by atoms with Gasteiger partial charge in [-0.05, 0) is 57.0 Å². The maximum Gasteiger partial charge on any atom is 0.256 e. The van der Waals surface area contributed by atoms with Crippen molar-refractivity contribution in [2.75, 3.05) is 6.54 Å². The molecule has 1 atom stereocenters. The number of aromatic nitrogens is 3. The van der Waals surface area contributed by atoms with Crippen molar-refractivity contribution in [1.29, 1.82) is 0 Å². The molecule has 1 N–H and O–H groups in total. The van der Waals surface area contributed by atoms with Crippen molar-refractivity contribution in [3.05, 3.63) is 71.4 Å². The molecule has 1 amide bonds. The second kappa shape index (κ2) is 6.24. The van der Waals surface area contributed by atoms with Crippen LogP contribution in [0.25, 0.3) is 5.82 Å². The Kier molecular flexibility index (Phi) is 3.92. The predicted octanol–water partition coefficient (Wildman–Crippen LogP) is 3.79. The molecule has 5 heteroatoms. The van der Waals surface area contributed by atoms with Gasteiger partial charge in [0.1, 0.15) is 5.82 Å². The van der Waals surface area contributed by atoms with Crippen LogP contribution >= 0.6 is 0 Å². The number of hydrogen-bond acceptors (Lipinski definition) is 2. The second-order valence-corrected chi connectivity index (χ2v) is 6.59.